The largest absolute Gasteiger partial charge is 0.425 e. The van der Waals surface area contributed by atoms with Crippen molar-refractivity contribution < 1.29 is 9.53 Å². The number of nitrogens with two attached hydrogens (primary N) is 1. The molecule has 0 aliphatic heterocycles. The molecule has 0 spiro atoms. The first-order valence-corrected chi connectivity index (χ1v) is 8.02. The summed E-state index contributed by atoms with van der Waals surface area (Å²) in [7, 11) is 1.29. The highest BCUT2D eigenvalue weighted by molar-refractivity contribution is 8.68. The molecule has 0 fully saturated rings. The van der Waals surface area contributed by atoms with Crippen LogP contribution in [-0.2, 0) is 4.79 Å². The lowest BCUT2D eigenvalue weighted by Gasteiger charge is -2.13. The van der Waals surface area contributed by atoms with E-state index in [9.17, 15) is 4.79 Å². The van der Waals surface area contributed by atoms with Crippen molar-refractivity contribution in [1.82, 2.24) is 0 Å². The Balaban J connectivity index is 2.46. The van der Waals surface area contributed by atoms with Crippen molar-refractivity contribution >= 4 is 46.4 Å². The van der Waals surface area contributed by atoms with Gasteiger partial charge in [0.05, 0.1) is 10.6 Å². The van der Waals surface area contributed by atoms with E-state index in [-0.39, 0.29) is 0 Å². The second-order valence-corrected chi connectivity index (χ2v) is 5.79. The third kappa shape index (κ3) is 3.40. The second-order valence-electron chi connectivity index (χ2n) is 3.53. The van der Waals surface area contributed by atoms with E-state index in [1.807, 2.05) is 36.4 Å². The first-order valence-electron chi connectivity index (χ1n) is 5.33. The van der Waals surface area contributed by atoms with Gasteiger partial charge in [0.1, 0.15) is 0 Å². The molecule has 0 heterocycles. The Labute approximate surface area is 124 Å². The van der Waals surface area contributed by atoms with Gasteiger partial charge < -0.3 is 10.5 Å². The van der Waals surface area contributed by atoms with E-state index in [2.05, 4.69) is 11.7 Å². The van der Waals surface area contributed by atoms with Gasteiger partial charge in [0, 0.05) is 9.79 Å². The van der Waals surface area contributed by atoms with Gasteiger partial charge >= 0.3 is 0 Å². The van der Waals surface area contributed by atoms with Crippen LogP contribution in [0.1, 0.15) is 0 Å². The van der Waals surface area contributed by atoms with Crippen molar-refractivity contribution in [1.29, 1.82) is 0 Å². The lowest BCUT2D eigenvalue weighted by Crippen LogP contribution is -1.98. The third-order valence-corrected chi connectivity index (χ3v) is 4.71. The van der Waals surface area contributed by atoms with Crippen LogP contribution < -0.4 is 10.5 Å². The van der Waals surface area contributed by atoms with Crippen LogP contribution in [0.25, 0.3) is 0 Å². The fourth-order valence-electron chi connectivity index (χ4n) is 1.50. The van der Waals surface area contributed by atoms with Crippen molar-refractivity contribution in [3.05, 3.63) is 42.5 Å². The summed E-state index contributed by atoms with van der Waals surface area (Å²) in [6.45, 7) is 0.383. The fraction of sp³-hybridized carbons (Fsp3) is 0. The molecule has 0 unspecified atom stereocenters. The summed E-state index contributed by atoms with van der Waals surface area (Å²) in [5, 5.41) is 0. The summed E-state index contributed by atoms with van der Waals surface area (Å²) in [5.41, 5.74) is 6.28. The van der Waals surface area contributed by atoms with E-state index in [0.717, 1.165) is 14.7 Å². The fourth-order valence-corrected chi connectivity index (χ4v) is 3.66. The predicted molar refractivity (Wildman–Crippen MR) is 83.0 cm³/mol. The summed E-state index contributed by atoms with van der Waals surface area (Å²) in [4.78, 5) is 13.3. The number of thiol groups is 1. The van der Waals surface area contributed by atoms with E-state index in [0.29, 0.717) is 17.9 Å². The van der Waals surface area contributed by atoms with Crippen LogP contribution in [0.3, 0.4) is 0 Å². The molecule has 0 aliphatic rings. The lowest BCUT2D eigenvalue weighted by molar-refractivity contribution is -0.120. The minimum Gasteiger partial charge on any atom is -0.425 e. The zero-order valence-corrected chi connectivity index (χ0v) is 12.3. The topological polar surface area (TPSA) is 52.3 Å². The summed E-state index contributed by atoms with van der Waals surface area (Å²) in [6, 6.07) is 13.4. The minimum atomic E-state index is 0.378. The standard InChI is InChI=1S/C13H11NO2S3/c14-10-6-7-11(19-17)13(12(10)16-8-15)18-9-4-2-1-3-5-9/h1-8,17H,14H2. The molecule has 2 rings (SSSR count). The van der Waals surface area contributed by atoms with Gasteiger partial charge in [0.25, 0.3) is 6.47 Å². The molecule has 0 atom stereocenters. The molecule has 6 heteroatoms. The SMILES string of the molecule is Nc1ccc(SS)c(Sc2ccccc2)c1OC=O. The maximum atomic E-state index is 10.6. The number of ether oxygens (including phenoxy) is 1. The average molecular weight is 309 g/mol. The molecule has 98 valence electrons. The van der Waals surface area contributed by atoms with Gasteiger partial charge in [-0.1, -0.05) is 40.8 Å². The molecule has 0 saturated carbocycles. The van der Waals surface area contributed by atoms with E-state index in [1.54, 1.807) is 6.07 Å². The number of hydrogen-bond donors (Lipinski definition) is 2. The number of anilines is 1. The van der Waals surface area contributed by atoms with Crippen molar-refractivity contribution in [2.75, 3.05) is 5.73 Å². The molecule has 3 nitrogen and oxygen atoms in total. The van der Waals surface area contributed by atoms with Crippen LogP contribution in [0, 0.1) is 0 Å². The Kier molecular flexibility index (Phi) is 5.07. The van der Waals surface area contributed by atoms with Gasteiger partial charge in [-0.15, -0.1) is 11.7 Å². The third-order valence-electron chi connectivity index (χ3n) is 2.33. The molecule has 2 aromatic carbocycles. The van der Waals surface area contributed by atoms with Crippen LogP contribution in [0.4, 0.5) is 5.69 Å². The monoisotopic (exact) mass is 309 g/mol. The first-order chi connectivity index (χ1) is 9.26. The maximum absolute atomic E-state index is 10.6. The van der Waals surface area contributed by atoms with Crippen LogP contribution in [0.2, 0.25) is 0 Å². The van der Waals surface area contributed by atoms with Crippen LogP contribution in [0.5, 0.6) is 5.75 Å². The van der Waals surface area contributed by atoms with Gasteiger partial charge in [-0.3, -0.25) is 4.79 Å². The van der Waals surface area contributed by atoms with E-state index < -0.39 is 0 Å². The molecule has 0 aromatic heterocycles. The van der Waals surface area contributed by atoms with Crippen LogP contribution in [0.15, 0.2) is 57.2 Å². The highest BCUT2D eigenvalue weighted by Crippen LogP contribution is 2.45. The average Bonchev–Trinajstić information content (AvgIpc) is 2.44. The molecule has 0 saturated heterocycles. The molecule has 0 aliphatic carbocycles. The number of hydrogen-bond acceptors (Lipinski definition) is 6. The van der Waals surface area contributed by atoms with Crippen molar-refractivity contribution in [2.24, 2.45) is 0 Å². The quantitative estimate of drug-likeness (QED) is 0.380. The molecular weight excluding hydrogens is 298 g/mol. The second kappa shape index (κ2) is 6.79. The van der Waals surface area contributed by atoms with Crippen molar-refractivity contribution in [2.45, 2.75) is 14.7 Å². The van der Waals surface area contributed by atoms with Gasteiger partial charge in [0.2, 0.25) is 0 Å². The Hall–Kier alpha value is -1.24. The first kappa shape index (κ1) is 14.2. The molecule has 0 bridgehead atoms. The Morgan fingerprint density at radius 3 is 2.53 bits per heavy atom. The lowest BCUT2D eigenvalue weighted by atomic mass is 10.3. The molecule has 2 N–H and O–H groups in total. The van der Waals surface area contributed by atoms with Crippen molar-refractivity contribution in [3.8, 4) is 5.75 Å². The number of rotatable bonds is 5. The summed E-state index contributed by atoms with van der Waals surface area (Å²) in [6.07, 6.45) is 0. The highest BCUT2D eigenvalue weighted by Gasteiger charge is 2.15. The Morgan fingerprint density at radius 2 is 1.89 bits per heavy atom. The minimum absolute atomic E-state index is 0.378. The van der Waals surface area contributed by atoms with Crippen LogP contribution in [-0.4, -0.2) is 6.47 Å². The molecular formula is C13H11NO2S3. The smallest absolute Gasteiger partial charge is 0.298 e. The van der Waals surface area contributed by atoms with E-state index in [4.69, 9.17) is 10.5 Å². The normalized spacial score (nSPS) is 10.2. The number of carbonyl (C=O) groups is 1. The van der Waals surface area contributed by atoms with Gasteiger partial charge in [-0.2, -0.15) is 0 Å². The zero-order valence-electron chi connectivity index (χ0n) is 9.78. The summed E-state index contributed by atoms with van der Waals surface area (Å²) < 4.78 is 5.01. The Morgan fingerprint density at radius 1 is 1.16 bits per heavy atom. The van der Waals surface area contributed by atoms with E-state index >= 15 is 0 Å². The van der Waals surface area contributed by atoms with Gasteiger partial charge in [0.15, 0.2) is 5.75 Å². The molecule has 2 aromatic rings. The molecule has 0 radical (unpaired) electrons. The number of carbonyl (C=O) groups excluding carboxylic acids is 1. The van der Waals surface area contributed by atoms with Crippen LogP contribution >= 0.6 is 34.2 Å². The zero-order chi connectivity index (χ0) is 13.7. The maximum Gasteiger partial charge on any atom is 0.298 e. The Bertz CT molecular complexity index is 576. The van der Waals surface area contributed by atoms with Gasteiger partial charge in [-0.05, 0) is 24.3 Å². The molecule has 19 heavy (non-hydrogen) atoms. The van der Waals surface area contributed by atoms with E-state index in [1.165, 1.54) is 22.6 Å². The highest BCUT2D eigenvalue weighted by atomic mass is 33.1. The number of nitrogen functional groups attached to an aromatic ring is 1. The van der Waals surface area contributed by atoms with Gasteiger partial charge in [-0.25, -0.2) is 0 Å². The predicted octanol–water partition coefficient (Wildman–Crippen LogP) is 3.89. The van der Waals surface area contributed by atoms with Crippen molar-refractivity contribution in [3.63, 3.8) is 0 Å². The summed E-state index contributed by atoms with van der Waals surface area (Å²) >= 11 is 5.70. The summed E-state index contributed by atoms with van der Waals surface area (Å²) in [5.74, 6) is 0.378. The number of benzene rings is 2. The molecule has 0 amide bonds.